The van der Waals surface area contributed by atoms with E-state index in [9.17, 15) is 0 Å². The predicted molar refractivity (Wildman–Crippen MR) is 101 cm³/mol. The number of nitrogens with zero attached hydrogens (tertiary/aromatic N) is 1. The molecule has 118 valence electrons. The maximum Gasteiger partial charge on any atom is 0.187 e. The van der Waals surface area contributed by atoms with Crippen LogP contribution in [0.25, 0.3) is 11.3 Å². The Hall–Kier alpha value is -2.13. The van der Waals surface area contributed by atoms with Gasteiger partial charge < -0.3 is 5.32 Å². The summed E-state index contributed by atoms with van der Waals surface area (Å²) in [7, 11) is 0. The number of anilines is 2. The van der Waals surface area contributed by atoms with Gasteiger partial charge in [0.1, 0.15) is 0 Å². The lowest BCUT2D eigenvalue weighted by Crippen LogP contribution is -2.10. The second-order valence-corrected chi connectivity index (χ2v) is 7.71. The van der Waals surface area contributed by atoms with E-state index in [0.717, 1.165) is 22.1 Å². The number of hydrogen-bond donors (Lipinski definition) is 1. The molecule has 0 radical (unpaired) electrons. The smallest absolute Gasteiger partial charge is 0.187 e. The zero-order chi connectivity index (χ0) is 16.4. The molecular formula is C20H22N2S. The number of benzene rings is 2. The van der Waals surface area contributed by atoms with E-state index >= 15 is 0 Å². The first-order valence-corrected chi connectivity index (χ1v) is 8.70. The Labute approximate surface area is 142 Å². The summed E-state index contributed by atoms with van der Waals surface area (Å²) in [5.41, 5.74) is 6.03. The van der Waals surface area contributed by atoms with E-state index in [1.807, 2.05) is 0 Å². The number of thiazole rings is 1. The summed E-state index contributed by atoms with van der Waals surface area (Å²) in [6.45, 7) is 8.78. The van der Waals surface area contributed by atoms with Crippen molar-refractivity contribution in [1.82, 2.24) is 4.98 Å². The highest BCUT2D eigenvalue weighted by Crippen LogP contribution is 2.29. The van der Waals surface area contributed by atoms with Crippen molar-refractivity contribution in [3.8, 4) is 11.3 Å². The van der Waals surface area contributed by atoms with E-state index < -0.39 is 0 Å². The third-order valence-corrected chi connectivity index (χ3v) is 4.61. The van der Waals surface area contributed by atoms with Crippen LogP contribution in [0, 0.1) is 6.92 Å². The Kier molecular flexibility index (Phi) is 4.22. The van der Waals surface area contributed by atoms with Crippen LogP contribution in [0.5, 0.6) is 0 Å². The molecule has 0 amide bonds. The molecule has 3 heteroatoms. The van der Waals surface area contributed by atoms with Crippen LogP contribution >= 0.6 is 11.3 Å². The first-order chi connectivity index (χ1) is 10.9. The van der Waals surface area contributed by atoms with Gasteiger partial charge in [0.25, 0.3) is 0 Å². The molecule has 0 spiro atoms. The van der Waals surface area contributed by atoms with Crippen LogP contribution in [0.4, 0.5) is 10.8 Å². The van der Waals surface area contributed by atoms with E-state index in [4.69, 9.17) is 4.98 Å². The van der Waals surface area contributed by atoms with Crippen LogP contribution in [0.3, 0.4) is 0 Å². The average molecular weight is 322 g/mol. The molecule has 2 nitrogen and oxygen atoms in total. The minimum atomic E-state index is 0.179. The molecule has 0 unspecified atom stereocenters. The third kappa shape index (κ3) is 3.80. The van der Waals surface area contributed by atoms with Gasteiger partial charge in [-0.25, -0.2) is 4.98 Å². The molecule has 0 atom stereocenters. The molecule has 1 heterocycles. The van der Waals surface area contributed by atoms with E-state index in [-0.39, 0.29) is 5.41 Å². The fourth-order valence-corrected chi connectivity index (χ4v) is 3.10. The highest BCUT2D eigenvalue weighted by Gasteiger charge is 2.13. The highest BCUT2D eigenvalue weighted by atomic mass is 32.1. The molecule has 3 aromatic rings. The van der Waals surface area contributed by atoms with Crippen molar-refractivity contribution in [2.45, 2.75) is 33.1 Å². The average Bonchev–Trinajstić information content (AvgIpc) is 2.97. The minimum absolute atomic E-state index is 0.179. The van der Waals surface area contributed by atoms with Gasteiger partial charge in [0.05, 0.1) is 5.69 Å². The van der Waals surface area contributed by atoms with Gasteiger partial charge >= 0.3 is 0 Å². The maximum atomic E-state index is 4.70. The first-order valence-electron chi connectivity index (χ1n) is 7.82. The molecule has 0 bridgehead atoms. The highest BCUT2D eigenvalue weighted by molar-refractivity contribution is 7.14. The standard InChI is InChI=1S/C20H22N2S/c1-14-5-11-17(12-6-14)21-19-22-18(13-23-19)15-7-9-16(10-8-15)20(2,3)4/h5-13H,1-4H3,(H,21,22). The van der Waals surface area contributed by atoms with E-state index in [1.54, 1.807) is 11.3 Å². The van der Waals surface area contributed by atoms with Gasteiger partial charge in [0.2, 0.25) is 0 Å². The zero-order valence-electron chi connectivity index (χ0n) is 14.1. The van der Waals surface area contributed by atoms with Crippen molar-refractivity contribution >= 4 is 22.2 Å². The summed E-state index contributed by atoms with van der Waals surface area (Å²) in [5, 5.41) is 6.38. The molecule has 1 N–H and O–H groups in total. The Morgan fingerprint density at radius 3 is 2.17 bits per heavy atom. The van der Waals surface area contributed by atoms with E-state index in [0.29, 0.717) is 0 Å². The Morgan fingerprint density at radius 2 is 1.57 bits per heavy atom. The number of rotatable bonds is 3. The second-order valence-electron chi connectivity index (χ2n) is 6.86. The van der Waals surface area contributed by atoms with Gasteiger partial charge in [0.15, 0.2) is 5.13 Å². The van der Waals surface area contributed by atoms with Crippen LogP contribution in [0.15, 0.2) is 53.9 Å². The molecule has 0 aliphatic heterocycles. The van der Waals surface area contributed by atoms with E-state index in [2.05, 4.69) is 86.9 Å². The molecule has 1 aromatic heterocycles. The number of aromatic nitrogens is 1. The summed E-state index contributed by atoms with van der Waals surface area (Å²) in [5.74, 6) is 0. The summed E-state index contributed by atoms with van der Waals surface area (Å²) in [4.78, 5) is 4.70. The molecule has 0 saturated heterocycles. The molecule has 0 aliphatic carbocycles. The van der Waals surface area contributed by atoms with Crippen LogP contribution in [0.1, 0.15) is 31.9 Å². The van der Waals surface area contributed by atoms with Crippen molar-refractivity contribution < 1.29 is 0 Å². The monoisotopic (exact) mass is 322 g/mol. The molecule has 0 fully saturated rings. The Morgan fingerprint density at radius 1 is 0.913 bits per heavy atom. The fraction of sp³-hybridized carbons (Fsp3) is 0.250. The van der Waals surface area contributed by atoms with Crippen molar-refractivity contribution in [2.24, 2.45) is 0 Å². The number of hydrogen-bond acceptors (Lipinski definition) is 3. The van der Waals surface area contributed by atoms with E-state index in [1.165, 1.54) is 11.1 Å². The molecule has 0 saturated carbocycles. The SMILES string of the molecule is Cc1ccc(Nc2nc(-c3ccc(C(C)(C)C)cc3)cs2)cc1. The lowest BCUT2D eigenvalue weighted by Gasteiger charge is -2.18. The van der Waals surface area contributed by atoms with Crippen molar-refractivity contribution in [3.05, 3.63) is 65.0 Å². The quantitative estimate of drug-likeness (QED) is 0.624. The normalized spacial score (nSPS) is 11.5. The van der Waals surface area contributed by atoms with Crippen LogP contribution in [0.2, 0.25) is 0 Å². The van der Waals surface area contributed by atoms with Gasteiger partial charge in [0, 0.05) is 16.6 Å². The van der Waals surface area contributed by atoms with Crippen LogP contribution < -0.4 is 5.32 Å². The minimum Gasteiger partial charge on any atom is -0.332 e. The topological polar surface area (TPSA) is 24.9 Å². The summed E-state index contributed by atoms with van der Waals surface area (Å²) in [6, 6.07) is 17.1. The van der Waals surface area contributed by atoms with Crippen LogP contribution in [-0.2, 0) is 5.41 Å². The molecular weight excluding hydrogens is 300 g/mol. The summed E-state index contributed by atoms with van der Waals surface area (Å²) < 4.78 is 0. The molecule has 0 aliphatic rings. The first kappa shape index (κ1) is 15.8. The van der Waals surface area contributed by atoms with Gasteiger partial charge in [-0.05, 0) is 30.0 Å². The fourth-order valence-electron chi connectivity index (χ4n) is 2.37. The Balaban J connectivity index is 1.77. The van der Waals surface area contributed by atoms with Gasteiger partial charge in [-0.2, -0.15) is 0 Å². The van der Waals surface area contributed by atoms with Gasteiger partial charge in [-0.1, -0.05) is 62.7 Å². The summed E-state index contributed by atoms with van der Waals surface area (Å²) in [6.07, 6.45) is 0. The van der Waals surface area contributed by atoms with Gasteiger partial charge in [-0.3, -0.25) is 0 Å². The van der Waals surface area contributed by atoms with Crippen LogP contribution in [-0.4, -0.2) is 4.98 Å². The third-order valence-electron chi connectivity index (χ3n) is 3.85. The lowest BCUT2D eigenvalue weighted by molar-refractivity contribution is 0.590. The maximum absolute atomic E-state index is 4.70. The Bertz CT molecular complexity index is 778. The molecule has 2 aromatic carbocycles. The number of nitrogens with one attached hydrogen (secondary N) is 1. The van der Waals surface area contributed by atoms with Crippen molar-refractivity contribution in [2.75, 3.05) is 5.32 Å². The van der Waals surface area contributed by atoms with Crippen molar-refractivity contribution in [3.63, 3.8) is 0 Å². The van der Waals surface area contributed by atoms with Crippen molar-refractivity contribution in [1.29, 1.82) is 0 Å². The summed E-state index contributed by atoms with van der Waals surface area (Å²) >= 11 is 1.63. The molecule has 3 rings (SSSR count). The predicted octanol–water partition coefficient (Wildman–Crippen LogP) is 6.16. The van der Waals surface area contributed by atoms with Gasteiger partial charge in [-0.15, -0.1) is 11.3 Å². The largest absolute Gasteiger partial charge is 0.332 e. The zero-order valence-corrected chi connectivity index (χ0v) is 14.9. The molecule has 23 heavy (non-hydrogen) atoms. The lowest BCUT2D eigenvalue weighted by atomic mass is 9.86. The second kappa shape index (κ2) is 6.17. The number of aryl methyl sites for hydroxylation is 1.